The van der Waals surface area contributed by atoms with Crippen LogP contribution >= 0.6 is 0 Å². The summed E-state index contributed by atoms with van der Waals surface area (Å²) in [5.74, 6) is -2.45. The van der Waals surface area contributed by atoms with Gasteiger partial charge < -0.3 is 9.47 Å². The van der Waals surface area contributed by atoms with E-state index in [9.17, 15) is 8.78 Å². The summed E-state index contributed by atoms with van der Waals surface area (Å²) in [6.45, 7) is 2.66. The first-order valence-corrected chi connectivity index (χ1v) is 4.55. The molecule has 0 aliphatic heterocycles. The molecule has 0 radical (unpaired) electrons. The van der Waals surface area contributed by atoms with E-state index < -0.39 is 5.92 Å². The summed E-state index contributed by atoms with van der Waals surface area (Å²) < 4.78 is 35.9. The van der Waals surface area contributed by atoms with Gasteiger partial charge in [0.1, 0.15) is 5.75 Å². The lowest BCUT2D eigenvalue weighted by Gasteiger charge is -2.13. The lowest BCUT2D eigenvalue weighted by atomic mass is 10.1. The van der Waals surface area contributed by atoms with E-state index in [1.54, 1.807) is 13.0 Å². The predicted molar refractivity (Wildman–Crippen MR) is 53.3 cm³/mol. The van der Waals surface area contributed by atoms with Crippen LogP contribution in [-0.2, 0) is 10.7 Å². The van der Waals surface area contributed by atoms with E-state index in [0.717, 1.165) is 12.5 Å². The average Bonchev–Trinajstić information content (AvgIpc) is 2.12. The van der Waals surface area contributed by atoms with E-state index in [4.69, 9.17) is 9.47 Å². The van der Waals surface area contributed by atoms with E-state index in [1.165, 1.54) is 19.2 Å². The molecule has 1 aromatic rings. The fraction of sp³-hybridized carbons (Fsp3) is 0.455. The van der Waals surface area contributed by atoms with Crippen molar-refractivity contribution in [3.63, 3.8) is 0 Å². The van der Waals surface area contributed by atoms with Crippen LogP contribution in [0.25, 0.3) is 0 Å². The number of hydrogen-bond donors (Lipinski definition) is 0. The summed E-state index contributed by atoms with van der Waals surface area (Å²) in [4.78, 5) is 0. The first-order valence-electron chi connectivity index (χ1n) is 4.55. The molecular formula is C11H14F2O2. The fourth-order valence-electron chi connectivity index (χ4n) is 1.21. The minimum atomic E-state index is -2.85. The largest absolute Gasteiger partial charge is 0.468 e. The van der Waals surface area contributed by atoms with Crippen LogP contribution in [0, 0.1) is 6.92 Å². The molecular weight excluding hydrogens is 202 g/mol. The van der Waals surface area contributed by atoms with Crippen LogP contribution in [0.5, 0.6) is 5.75 Å². The number of rotatable bonds is 4. The molecule has 0 bridgehead atoms. The standard InChI is InChI=1S/C11H14F2O2/c1-8-4-9(11(2,12)13)6-10(5-8)15-7-14-3/h4-6H,7H2,1-3H3. The number of halogens is 2. The maximum absolute atomic E-state index is 13.0. The monoisotopic (exact) mass is 216 g/mol. The van der Waals surface area contributed by atoms with Crippen LogP contribution < -0.4 is 4.74 Å². The van der Waals surface area contributed by atoms with Crippen LogP contribution in [0.4, 0.5) is 8.78 Å². The lowest BCUT2D eigenvalue weighted by molar-refractivity contribution is 0.0161. The van der Waals surface area contributed by atoms with E-state index in [-0.39, 0.29) is 12.4 Å². The van der Waals surface area contributed by atoms with Crippen molar-refractivity contribution >= 4 is 0 Å². The van der Waals surface area contributed by atoms with Gasteiger partial charge in [0, 0.05) is 19.6 Å². The maximum atomic E-state index is 13.0. The Balaban J connectivity index is 2.95. The zero-order valence-electron chi connectivity index (χ0n) is 9.01. The van der Waals surface area contributed by atoms with Crippen molar-refractivity contribution < 1.29 is 18.3 Å². The summed E-state index contributed by atoms with van der Waals surface area (Å²) in [6.07, 6.45) is 0. The molecule has 0 aromatic heterocycles. The van der Waals surface area contributed by atoms with Gasteiger partial charge >= 0.3 is 0 Å². The van der Waals surface area contributed by atoms with Crippen molar-refractivity contribution in [3.05, 3.63) is 29.3 Å². The van der Waals surface area contributed by atoms with Crippen LogP contribution in [0.2, 0.25) is 0 Å². The highest BCUT2D eigenvalue weighted by atomic mass is 19.3. The molecule has 0 amide bonds. The molecule has 0 saturated carbocycles. The van der Waals surface area contributed by atoms with Crippen molar-refractivity contribution in [2.45, 2.75) is 19.8 Å². The summed E-state index contributed by atoms with van der Waals surface area (Å²) in [5.41, 5.74) is 0.689. The van der Waals surface area contributed by atoms with E-state index in [0.29, 0.717) is 5.75 Å². The number of benzene rings is 1. The molecule has 0 atom stereocenters. The van der Waals surface area contributed by atoms with Gasteiger partial charge in [-0.1, -0.05) is 0 Å². The van der Waals surface area contributed by atoms with Crippen LogP contribution in [0.3, 0.4) is 0 Å². The Morgan fingerprint density at radius 1 is 1.27 bits per heavy atom. The molecule has 0 aliphatic rings. The van der Waals surface area contributed by atoms with Gasteiger partial charge in [-0.3, -0.25) is 0 Å². The Hall–Kier alpha value is -1.16. The van der Waals surface area contributed by atoms with E-state index in [2.05, 4.69) is 0 Å². The number of methoxy groups -OCH3 is 1. The van der Waals surface area contributed by atoms with Gasteiger partial charge in [-0.25, -0.2) is 8.78 Å². The van der Waals surface area contributed by atoms with Crippen LogP contribution in [0.1, 0.15) is 18.1 Å². The summed E-state index contributed by atoms with van der Waals surface area (Å²) in [5, 5.41) is 0. The fourth-order valence-corrected chi connectivity index (χ4v) is 1.21. The van der Waals surface area contributed by atoms with Crippen molar-refractivity contribution in [2.24, 2.45) is 0 Å². The van der Waals surface area contributed by atoms with Crippen molar-refractivity contribution in [1.29, 1.82) is 0 Å². The molecule has 4 heteroatoms. The number of alkyl halides is 2. The number of hydrogen-bond acceptors (Lipinski definition) is 2. The average molecular weight is 216 g/mol. The molecule has 0 spiro atoms. The van der Waals surface area contributed by atoms with Crippen molar-refractivity contribution in [1.82, 2.24) is 0 Å². The van der Waals surface area contributed by atoms with Gasteiger partial charge in [0.05, 0.1) is 0 Å². The van der Waals surface area contributed by atoms with Crippen molar-refractivity contribution in [2.75, 3.05) is 13.9 Å². The number of ether oxygens (including phenoxy) is 2. The minimum Gasteiger partial charge on any atom is -0.468 e. The molecule has 0 saturated heterocycles. The van der Waals surface area contributed by atoms with E-state index in [1.807, 2.05) is 0 Å². The molecule has 0 heterocycles. The third-order valence-corrected chi connectivity index (χ3v) is 1.90. The first kappa shape index (κ1) is 11.9. The van der Waals surface area contributed by atoms with Gasteiger partial charge in [0.2, 0.25) is 0 Å². The molecule has 0 fully saturated rings. The molecule has 0 N–H and O–H groups in total. The second-order valence-electron chi connectivity index (χ2n) is 3.47. The Bertz CT molecular complexity index is 332. The molecule has 0 aliphatic carbocycles. The van der Waals surface area contributed by atoms with Gasteiger partial charge in [-0.05, 0) is 30.7 Å². The second-order valence-corrected chi connectivity index (χ2v) is 3.47. The second kappa shape index (κ2) is 4.57. The lowest BCUT2D eigenvalue weighted by Crippen LogP contribution is -2.08. The Morgan fingerprint density at radius 3 is 2.47 bits per heavy atom. The SMILES string of the molecule is COCOc1cc(C)cc(C(C)(F)F)c1. The highest BCUT2D eigenvalue weighted by molar-refractivity contribution is 5.35. The van der Waals surface area contributed by atoms with Crippen LogP contribution in [-0.4, -0.2) is 13.9 Å². The first-order chi connectivity index (χ1) is 6.93. The normalized spacial score (nSPS) is 11.5. The third kappa shape index (κ3) is 3.47. The Labute approximate surface area is 87.8 Å². The van der Waals surface area contributed by atoms with Crippen LogP contribution in [0.15, 0.2) is 18.2 Å². The minimum absolute atomic E-state index is 0.0476. The highest BCUT2D eigenvalue weighted by Crippen LogP contribution is 2.30. The zero-order valence-corrected chi connectivity index (χ0v) is 9.01. The summed E-state index contributed by atoms with van der Waals surface area (Å²) >= 11 is 0. The molecule has 1 aromatic carbocycles. The molecule has 15 heavy (non-hydrogen) atoms. The van der Waals surface area contributed by atoms with Gasteiger partial charge in [-0.15, -0.1) is 0 Å². The summed E-state index contributed by atoms with van der Waals surface area (Å²) in [6, 6.07) is 4.46. The van der Waals surface area contributed by atoms with Gasteiger partial charge in [0.15, 0.2) is 6.79 Å². The molecule has 2 nitrogen and oxygen atoms in total. The Kier molecular flexibility index (Phi) is 3.63. The maximum Gasteiger partial charge on any atom is 0.270 e. The third-order valence-electron chi connectivity index (χ3n) is 1.90. The molecule has 0 unspecified atom stereocenters. The number of aryl methyl sites for hydroxylation is 1. The Morgan fingerprint density at radius 2 is 1.93 bits per heavy atom. The topological polar surface area (TPSA) is 18.5 Å². The smallest absolute Gasteiger partial charge is 0.270 e. The zero-order chi connectivity index (χ0) is 11.5. The van der Waals surface area contributed by atoms with Gasteiger partial charge in [0.25, 0.3) is 5.92 Å². The molecule has 1 rings (SSSR count). The molecule has 84 valence electrons. The predicted octanol–water partition coefficient (Wildman–Crippen LogP) is 3.09. The van der Waals surface area contributed by atoms with E-state index >= 15 is 0 Å². The van der Waals surface area contributed by atoms with Crippen molar-refractivity contribution in [3.8, 4) is 5.75 Å². The quantitative estimate of drug-likeness (QED) is 0.720. The summed E-state index contributed by atoms with van der Waals surface area (Å²) in [7, 11) is 1.48. The van der Waals surface area contributed by atoms with Gasteiger partial charge in [-0.2, -0.15) is 0 Å². The highest BCUT2D eigenvalue weighted by Gasteiger charge is 2.25.